The van der Waals surface area contributed by atoms with Crippen molar-refractivity contribution in [3.8, 4) is 0 Å². The fraction of sp³-hybridized carbons (Fsp3) is 0.933. The lowest BCUT2D eigenvalue weighted by Gasteiger charge is -2.34. The van der Waals surface area contributed by atoms with Crippen molar-refractivity contribution in [1.29, 1.82) is 0 Å². The zero-order chi connectivity index (χ0) is 12.5. The van der Waals surface area contributed by atoms with E-state index in [0.717, 1.165) is 31.5 Å². The summed E-state index contributed by atoms with van der Waals surface area (Å²) in [6.45, 7) is 5.08. The van der Waals surface area contributed by atoms with Crippen LogP contribution in [0.2, 0.25) is 0 Å². The van der Waals surface area contributed by atoms with E-state index in [1.54, 1.807) is 0 Å². The molecule has 3 nitrogen and oxygen atoms in total. The number of rotatable bonds is 4. The molecule has 0 spiro atoms. The third kappa shape index (κ3) is 2.18. The van der Waals surface area contributed by atoms with Crippen molar-refractivity contribution in [3.63, 3.8) is 0 Å². The van der Waals surface area contributed by atoms with Crippen LogP contribution in [0.3, 0.4) is 0 Å². The minimum atomic E-state index is 0.137. The summed E-state index contributed by atoms with van der Waals surface area (Å²) >= 11 is 0. The Bertz CT molecular complexity index is 314. The number of amides is 1. The number of carbonyl (C=O) groups is 1. The number of nitrogens with one attached hydrogen (secondary N) is 1. The third-order valence-corrected chi connectivity index (χ3v) is 5.41. The highest BCUT2D eigenvalue weighted by Gasteiger charge is 2.43. The van der Waals surface area contributed by atoms with Gasteiger partial charge in [0.15, 0.2) is 0 Å². The molecule has 3 atom stereocenters. The molecule has 3 heteroatoms. The lowest BCUT2D eigenvalue weighted by molar-refractivity contribution is -0.135. The summed E-state index contributed by atoms with van der Waals surface area (Å²) in [5.74, 6) is 2.59. The van der Waals surface area contributed by atoms with E-state index in [1.165, 1.54) is 38.5 Å². The molecule has 2 aliphatic carbocycles. The van der Waals surface area contributed by atoms with Crippen LogP contribution in [0.5, 0.6) is 0 Å². The van der Waals surface area contributed by atoms with Crippen molar-refractivity contribution in [2.24, 2.45) is 17.8 Å². The van der Waals surface area contributed by atoms with Gasteiger partial charge in [-0.05, 0) is 56.9 Å². The number of fused-ring (bicyclic) bond motifs is 1. The fourth-order valence-corrected chi connectivity index (χ4v) is 4.02. The smallest absolute Gasteiger partial charge is 0.240 e. The first-order valence-electron chi connectivity index (χ1n) is 7.81. The van der Waals surface area contributed by atoms with E-state index in [-0.39, 0.29) is 6.04 Å². The van der Waals surface area contributed by atoms with Crippen LogP contribution in [0, 0.1) is 17.8 Å². The van der Waals surface area contributed by atoms with Crippen molar-refractivity contribution in [3.05, 3.63) is 0 Å². The van der Waals surface area contributed by atoms with Crippen LogP contribution < -0.4 is 5.32 Å². The highest BCUT2D eigenvalue weighted by atomic mass is 16.2. The maximum Gasteiger partial charge on any atom is 0.240 e. The Hall–Kier alpha value is -0.570. The first-order valence-corrected chi connectivity index (χ1v) is 7.81. The summed E-state index contributed by atoms with van der Waals surface area (Å²) in [6.07, 6.45) is 7.94. The molecule has 3 rings (SSSR count). The monoisotopic (exact) mass is 250 g/mol. The Labute approximate surface area is 110 Å². The van der Waals surface area contributed by atoms with Gasteiger partial charge in [0.05, 0.1) is 6.04 Å². The van der Waals surface area contributed by atoms with Gasteiger partial charge < -0.3 is 10.2 Å². The van der Waals surface area contributed by atoms with Crippen LogP contribution in [0.25, 0.3) is 0 Å². The van der Waals surface area contributed by atoms with E-state index < -0.39 is 0 Å². The summed E-state index contributed by atoms with van der Waals surface area (Å²) in [6, 6.07) is 0.137. The minimum Gasteiger partial charge on any atom is -0.341 e. The standard InChI is InChI=1S/C15H26N2O/c1-2-17(10-11-5-3-6-11)15(18)14-13-8-4-7-12(13)9-16-14/h11-14,16H,2-10H2,1H3. The fourth-order valence-electron chi connectivity index (χ4n) is 4.02. The number of nitrogens with zero attached hydrogens (tertiary/aromatic N) is 1. The molecule has 3 unspecified atom stereocenters. The van der Waals surface area contributed by atoms with Crippen molar-refractivity contribution in [2.45, 2.75) is 51.5 Å². The van der Waals surface area contributed by atoms with Gasteiger partial charge >= 0.3 is 0 Å². The van der Waals surface area contributed by atoms with Gasteiger partial charge in [-0.3, -0.25) is 4.79 Å². The van der Waals surface area contributed by atoms with E-state index in [1.807, 2.05) is 0 Å². The van der Waals surface area contributed by atoms with Gasteiger partial charge in [0, 0.05) is 13.1 Å². The Morgan fingerprint density at radius 2 is 2.00 bits per heavy atom. The Balaban J connectivity index is 1.61. The van der Waals surface area contributed by atoms with Crippen molar-refractivity contribution in [2.75, 3.05) is 19.6 Å². The Morgan fingerprint density at radius 1 is 1.22 bits per heavy atom. The maximum atomic E-state index is 12.7. The van der Waals surface area contributed by atoms with Crippen LogP contribution in [-0.4, -0.2) is 36.5 Å². The number of hydrogen-bond acceptors (Lipinski definition) is 2. The van der Waals surface area contributed by atoms with Gasteiger partial charge in [-0.15, -0.1) is 0 Å². The lowest BCUT2D eigenvalue weighted by atomic mass is 9.84. The van der Waals surface area contributed by atoms with Gasteiger partial charge in [-0.2, -0.15) is 0 Å². The predicted molar refractivity (Wildman–Crippen MR) is 72.2 cm³/mol. The molecule has 0 aromatic heterocycles. The lowest BCUT2D eigenvalue weighted by Crippen LogP contribution is -2.48. The zero-order valence-electron chi connectivity index (χ0n) is 11.5. The number of hydrogen-bond donors (Lipinski definition) is 1. The molecule has 1 heterocycles. The van der Waals surface area contributed by atoms with Gasteiger partial charge in [0.25, 0.3) is 0 Å². The Morgan fingerprint density at radius 3 is 2.67 bits per heavy atom. The summed E-state index contributed by atoms with van der Waals surface area (Å²) < 4.78 is 0. The second-order valence-corrected chi connectivity index (χ2v) is 6.41. The molecule has 0 bridgehead atoms. The minimum absolute atomic E-state index is 0.137. The molecule has 1 saturated heterocycles. The van der Waals surface area contributed by atoms with Crippen LogP contribution in [0.1, 0.15) is 45.4 Å². The molecule has 0 aromatic carbocycles. The molecule has 3 aliphatic rings. The van der Waals surface area contributed by atoms with E-state index >= 15 is 0 Å². The zero-order valence-corrected chi connectivity index (χ0v) is 11.5. The first kappa shape index (κ1) is 12.5. The van der Waals surface area contributed by atoms with Crippen LogP contribution in [-0.2, 0) is 4.79 Å². The normalized spacial score (nSPS) is 35.3. The molecule has 0 aromatic rings. The molecular formula is C15H26N2O. The molecule has 1 aliphatic heterocycles. The molecule has 1 amide bonds. The highest BCUT2D eigenvalue weighted by Crippen LogP contribution is 2.38. The topological polar surface area (TPSA) is 32.3 Å². The predicted octanol–water partition coefficient (Wildman–Crippen LogP) is 2.02. The van der Waals surface area contributed by atoms with E-state index in [4.69, 9.17) is 0 Å². The molecule has 1 N–H and O–H groups in total. The SMILES string of the molecule is CCN(CC1CCC1)C(=O)C1NCC2CCCC21. The average Bonchev–Trinajstić information content (AvgIpc) is 2.88. The van der Waals surface area contributed by atoms with Gasteiger partial charge in [0.1, 0.15) is 0 Å². The summed E-state index contributed by atoms with van der Waals surface area (Å²) in [4.78, 5) is 14.8. The van der Waals surface area contributed by atoms with Gasteiger partial charge in [-0.25, -0.2) is 0 Å². The summed E-state index contributed by atoms with van der Waals surface area (Å²) in [5, 5.41) is 3.49. The van der Waals surface area contributed by atoms with Crippen molar-refractivity contribution >= 4 is 5.91 Å². The molecular weight excluding hydrogens is 224 g/mol. The van der Waals surface area contributed by atoms with Crippen molar-refractivity contribution < 1.29 is 4.79 Å². The van der Waals surface area contributed by atoms with Crippen LogP contribution in [0.15, 0.2) is 0 Å². The largest absolute Gasteiger partial charge is 0.341 e. The van der Waals surface area contributed by atoms with Crippen molar-refractivity contribution in [1.82, 2.24) is 10.2 Å². The second-order valence-electron chi connectivity index (χ2n) is 6.41. The van der Waals surface area contributed by atoms with Gasteiger partial charge in [0.2, 0.25) is 5.91 Å². The first-order chi connectivity index (χ1) is 8.79. The quantitative estimate of drug-likeness (QED) is 0.828. The molecule has 2 saturated carbocycles. The van der Waals surface area contributed by atoms with E-state index in [9.17, 15) is 4.79 Å². The Kier molecular flexibility index (Phi) is 3.60. The van der Waals surface area contributed by atoms with Gasteiger partial charge in [-0.1, -0.05) is 12.8 Å². The highest BCUT2D eigenvalue weighted by molar-refractivity contribution is 5.82. The molecule has 3 fully saturated rings. The van der Waals surface area contributed by atoms with E-state index in [0.29, 0.717) is 11.8 Å². The van der Waals surface area contributed by atoms with Crippen LogP contribution >= 0.6 is 0 Å². The summed E-state index contributed by atoms with van der Waals surface area (Å²) in [5.41, 5.74) is 0. The third-order valence-electron chi connectivity index (χ3n) is 5.41. The molecule has 18 heavy (non-hydrogen) atoms. The number of carbonyl (C=O) groups excluding carboxylic acids is 1. The second kappa shape index (κ2) is 5.20. The average molecular weight is 250 g/mol. The molecule has 102 valence electrons. The molecule has 0 radical (unpaired) electrons. The van der Waals surface area contributed by atoms with Crippen LogP contribution in [0.4, 0.5) is 0 Å². The maximum absolute atomic E-state index is 12.7. The van der Waals surface area contributed by atoms with E-state index in [2.05, 4.69) is 17.1 Å². The summed E-state index contributed by atoms with van der Waals surface area (Å²) in [7, 11) is 0. The number of likely N-dealkylation sites (N-methyl/N-ethyl adjacent to an activating group) is 1.